The van der Waals surface area contributed by atoms with Crippen LogP contribution in [0.15, 0.2) is 35.2 Å². The third kappa shape index (κ3) is 4.08. The first-order valence-corrected chi connectivity index (χ1v) is 5.46. The van der Waals surface area contributed by atoms with E-state index in [0.717, 1.165) is 22.2 Å². The number of hydrogen-bond acceptors (Lipinski definition) is 3. The summed E-state index contributed by atoms with van der Waals surface area (Å²) in [6, 6.07) is 5.79. The second-order valence-corrected chi connectivity index (χ2v) is 4.16. The Kier molecular flexibility index (Phi) is 4.24. The van der Waals surface area contributed by atoms with E-state index in [1.54, 1.807) is 17.8 Å². The van der Waals surface area contributed by atoms with Gasteiger partial charge in [0.15, 0.2) is 0 Å². The van der Waals surface area contributed by atoms with Crippen LogP contribution in [0.1, 0.15) is 5.56 Å². The van der Waals surface area contributed by atoms with Crippen LogP contribution in [0.3, 0.4) is 0 Å². The van der Waals surface area contributed by atoms with Crippen molar-refractivity contribution >= 4 is 23.4 Å². The van der Waals surface area contributed by atoms with Gasteiger partial charge in [-0.3, -0.25) is 0 Å². The van der Waals surface area contributed by atoms with Gasteiger partial charge >= 0.3 is 5.97 Å². The van der Waals surface area contributed by atoms with Crippen LogP contribution in [0.4, 0.5) is 5.69 Å². The predicted molar refractivity (Wildman–Crippen MR) is 63.1 cm³/mol. The van der Waals surface area contributed by atoms with Crippen molar-refractivity contribution in [2.45, 2.75) is 11.8 Å². The molecule has 0 bridgehead atoms. The highest BCUT2D eigenvalue weighted by molar-refractivity contribution is 7.99. The molecule has 0 saturated heterocycles. The molecule has 1 rings (SSSR count). The zero-order valence-electron chi connectivity index (χ0n) is 8.43. The summed E-state index contributed by atoms with van der Waals surface area (Å²) in [4.78, 5) is 11.3. The molecule has 0 heterocycles. The number of nitrogen functional groups attached to an aromatic ring is 1. The van der Waals surface area contributed by atoms with E-state index in [2.05, 4.69) is 0 Å². The van der Waals surface area contributed by atoms with Gasteiger partial charge in [0.05, 0.1) is 0 Å². The maximum absolute atomic E-state index is 10.2. The molecule has 0 aliphatic heterocycles. The molecule has 0 unspecified atom stereocenters. The summed E-state index contributed by atoms with van der Waals surface area (Å²) in [7, 11) is 0. The molecular formula is C11H13NO2S. The Morgan fingerprint density at radius 3 is 2.93 bits per heavy atom. The van der Waals surface area contributed by atoms with Crippen LogP contribution >= 0.6 is 11.8 Å². The summed E-state index contributed by atoms with van der Waals surface area (Å²) in [5.41, 5.74) is 7.50. The smallest absolute Gasteiger partial charge is 0.328 e. The molecule has 0 spiro atoms. The van der Waals surface area contributed by atoms with Crippen LogP contribution in [0.25, 0.3) is 0 Å². The third-order valence-electron chi connectivity index (χ3n) is 1.85. The van der Waals surface area contributed by atoms with Gasteiger partial charge in [-0.2, -0.15) is 0 Å². The zero-order valence-corrected chi connectivity index (χ0v) is 9.25. The van der Waals surface area contributed by atoms with E-state index in [4.69, 9.17) is 10.8 Å². The molecule has 0 amide bonds. The molecule has 0 radical (unpaired) electrons. The van der Waals surface area contributed by atoms with Gasteiger partial charge in [0.2, 0.25) is 0 Å². The summed E-state index contributed by atoms with van der Waals surface area (Å²) in [6.07, 6.45) is 2.77. The molecule has 0 fully saturated rings. The Morgan fingerprint density at radius 1 is 1.60 bits per heavy atom. The van der Waals surface area contributed by atoms with Crippen LogP contribution in [-0.4, -0.2) is 16.8 Å². The van der Waals surface area contributed by atoms with Crippen molar-refractivity contribution in [3.05, 3.63) is 35.9 Å². The first kappa shape index (κ1) is 11.7. The monoisotopic (exact) mass is 223 g/mol. The highest BCUT2D eigenvalue weighted by Gasteiger charge is 1.96. The Morgan fingerprint density at radius 2 is 2.33 bits per heavy atom. The van der Waals surface area contributed by atoms with E-state index in [0.29, 0.717) is 5.75 Å². The lowest BCUT2D eigenvalue weighted by Crippen LogP contribution is -1.89. The van der Waals surface area contributed by atoms with Crippen molar-refractivity contribution in [1.82, 2.24) is 0 Å². The van der Waals surface area contributed by atoms with Gasteiger partial charge < -0.3 is 10.8 Å². The van der Waals surface area contributed by atoms with Crippen molar-refractivity contribution in [3.8, 4) is 0 Å². The highest BCUT2D eigenvalue weighted by atomic mass is 32.2. The number of aryl methyl sites for hydroxylation is 1. The van der Waals surface area contributed by atoms with Crippen LogP contribution in [0.2, 0.25) is 0 Å². The quantitative estimate of drug-likeness (QED) is 0.467. The molecule has 0 atom stereocenters. The first-order valence-electron chi connectivity index (χ1n) is 4.48. The summed E-state index contributed by atoms with van der Waals surface area (Å²) in [5.74, 6) is -0.264. The van der Waals surface area contributed by atoms with Crippen molar-refractivity contribution in [2.75, 3.05) is 11.5 Å². The number of carboxylic acids is 1. The molecular weight excluding hydrogens is 210 g/mol. The number of nitrogens with two attached hydrogens (primary N) is 1. The number of aliphatic carboxylic acids is 1. The molecule has 0 aliphatic carbocycles. The Balaban J connectivity index is 2.51. The van der Waals surface area contributed by atoms with Gasteiger partial charge in [-0.15, -0.1) is 11.8 Å². The summed E-state index contributed by atoms with van der Waals surface area (Å²) in [5, 5.41) is 8.38. The molecule has 0 aliphatic rings. The number of thioether (sulfide) groups is 1. The first-order chi connectivity index (χ1) is 7.09. The van der Waals surface area contributed by atoms with Crippen LogP contribution in [0, 0.1) is 6.92 Å². The number of carboxylic acid groups (broad SMARTS) is 1. The van der Waals surface area contributed by atoms with Gasteiger partial charge in [-0.05, 0) is 30.7 Å². The topological polar surface area (TPSA) is 63.3 Å². The fourth-order valence-corrected chi connectivity index (χ4v) is 1.84. The molecule has 80 valence electrons. The standard InChI is InChI=1S/C11H13NO2S/c1-8-7-9(4-5-10(8)12)15-6-2-3-11(13)14/h2-5,7H,6,12H2,1H3,(H,13,14). The van der Waals surface area contributed by atoms with Crippen molar-refractivity contribution < 1.29 is 9.90 Å². The van der Waals surface area contributed by atoms with Crippen LogP contribution in [-0.2, 0) is 4.79 Å². The summed E-state index contributed by atoms with van der Waals surface area (Å²) < 4.78 is 0. The maximum Gasteiger partial charge on any atom is 0.328 e. The van der Waals surface area contributed by atoms with Crippen LogP contribution in [0.5, 0.6) is 0 Å². The lowest BCUT2D eigenvalue weighted by Gasteiger charge is -2.02. The zero-order chi connectivity index (χ0) is 11.3. The molecule has 3 N–H and O–H groups in total. The second kappa shape index (κ2) is 5.46. The Bertz CT molecular complexity index is 388. The van der Waals surface area contributed by atoms with Gasteiger partial charge in [-0.25, -0.2) is 4.79 Å². The predicted octanol–water partition coefficient (Wildman–Crippen LogP) is 2.31. The van der Waals surface area contributed by atoms with Gasteiger partial charge in [0.1, 0.15) is 0 Å². The van der Waals surface area contributed by atoms with Gasteiger partial charge in [0, 0.05) is 22.4 Å². The molecule has 0 aromatic heterocycles. The Labute approximate surface area is 93.0 Å². The number of carbonyl (C=O) groups is 1. The Hall–Kier alpha value is -1.42. The van der Waals surface area contributed by atoms with Crippen molar-refractivity contribution in [3.63, 3.8) is 0 Å². The molecule has 4 heteroatoms. The molecule has 1 aromatic carbocycles. The van der Waals surface area contributed by atoms with E-state index >= 15 is 0 Å². The van der Waals surface area contributed by atoms with Crippen molar-refractivity contribution in [2.24, 2.45) is 0 Å². The third-order valence-corrected chi connectivity index (χ3v) is 2.79. The SMILES string of the molecule is Cc1cc(SCC=CC(=O)O)ccc1N. The molecule has 15 heavy (non-hydrogen) atoms. The van der Waals surface area contributed by atoms with E-state index in [1.807, 2.05) is 25.1 Å². The van der Waals surface area contributed by atoms with Crippen molar-refractivity contribution in [1.29, 1.82) is 0 Å². The van der Waals surface area contributed by atoms with Gasteiger partial charge in [-0.1, -0.05) is 6.08 Å². The summed E-state index contributed by atoms with van der Waals surface area (Å²) >= 11 is 1.58. The minimum absolute atomic E-state index is 0.648. The fraction of sp³-hybridized carbons (Fsp3) is 0.182. The lowest BCUT2D eigenvalue weighted by atomic mass is 10.2. The second-order valence-electron chi connectivity index (χ2n) is 3.07. The lowest BCUT2D eigenvalue weighted by molar-refractivity contribution is -0.131. The van der Waals surface area contributed by atoms with E-state index in [-0.39, 0.29) is 0 Å². The fourth-order valence-electron chi connectivity index (χ4n) is 1.03. The average Bonchev–Trinajstić information content (AvgIpc) is 2.18. The number of rotatable bonds is 4. The summed E-state index contributed by atoms with van der Waals surface area (Å²) in [6.45, 7) is 1.95. The highest BCUT2D eigenvalue weighted by Crippen LogP contribution is 2.22. The average molecular weight is 223 g/mol. The largest absolute Gasteiger partial charge is 0.478 e. The molecule has 1 aromatic rings. The van der Waals surface area contributed by atoms with E-state index < -0.39 is 5.97 Å². The number of anilines is 1. The molecule has 0 saturated carbocycles. The molecule has 3 nitrogen and oxygen atoms in total. The van der Waals surface area contributed by atoms with Gasteiger partial charge in [0.25, 0.3) is 0 Å². The normalized spacial score (nSPS) is 10.7. The van der Waals surface area contributed by atoms with E-state index in [1.165, 1.54) is 0 Å². The van der Waals surface area contributed by atoms with E-state index in [9.17, 15) is 4.79 Å². The maximum atomic E-state index is 10.2. The minimum atomic E-state index is -0.913. The van der Waals surface area contributed by atoms with Crippen LogP contribution < -0.4 is 5.73 Å². The minimum Gasteiger partial charge on any atom is -0.478 e. The number of hydrogen-bond donors (Lipinski definition) is 2. The number of benzene rings is 1.